The number of aliphatic hydroxyl groups excluding tert-OH is 1. The summed E-state index contributed by atoms with van der Waals surface area (Å²) in [7, 11) is 1.90. The van der Waals surface area contributed by atoms with E-state index in [9.17, 15) is 19.6 Å². The van der Waals surface area contributed by atoms with E-state index < -0.39 is 6.10 Å². The lowest BCUT2D eigenvalue weighted by atomic mass is 10.1. The molecular weight excluding hydrogens is 578 g/mol. The van der Waals surface area contributed by atoms with Gasteiger partial charge in [0.1, 0.15) is 22.5 Å². The van der Waals surface area contributed by atoms with Gasteiger partial charge in [0, 0.05) is 50.9 Å². The number of aliphatic hydroxyl groups is 1. The summed E-state index contributed by atoms with van der Waals surface area (Å²) in [5, 5.41) is 25.8. The molecule has 1 N–H and O–H groups in total. The van der Waals surface area contributed by atoms with Gasteiger partial charge in [-0.05, 0) is 44.5 Å². The number of nitrogens with zero attached hydrogens (tertiary/aromatic N) is 9. The molecule has 6 rings (SSSR count). The Hall–Kier alpha value is -3.64. The maximum absolute atomic E-state index is 13.5. The van der Waals surface area contributed by atoms with Gasteiger partial charge < -0.3 is 19.8 Å². The summed E-state index contributed by atoms with van der Waals surface area (Å²) < 4.78 is 15.4. The van der Waals surface area contributed by atoms with Gasteiger partial charge in [-0.3, -0.25) is 9.69 Å². The number of β-amino-alcohol motifs (C(OH)–C–C–N with tert-alkyl or cyclic N) is 1. The number of anilines is 3. The Labute approximate surface area is 251 Å². The van der Waals surface area contributed by atoms with E-state index >= 15 is 0 Å². The Kier molecular flexibility index (Phi) is 7.61. The number of nitriles is 1. The molecule has 0 spiro atoms. The van der Waals surface area contributed by atoms with Crippen molar-refractivity contribution in [2.24, 2.45) is 0 Å². The van der Waals surface area contributed by atoms with Gasteiger partial charge in [0.15, 0.2) is 10.9 Å². The summed E-state index contributed by atoms with van der Waals surface area (Å²) in [6.45, 7) is 8.93. The summed E-state index contributed by atoms with van der Waals surface area (Å²) in [6.07, 6.45) is 0.295. The van der Waals surface area contributed by atoms with Gasteiger partial charge in [-0.15, -0.1) is 5.10 Å². The Balaban J connectivity index is 1.25. The van der Waals surface area contributed by atoms with Crippen molar-refractivity contribution < 1.29 is 14.3 Å². The number of aromatic nitrogens is 4. The van der Waals surface area contributed by atoms with Crippen LogP contribution in [0.2, 0.25) is 0 Å². The smallest absolute Gasteiger partial charge is 0.236 e. The van der Waals surface area contributed by atoms with Crippen LogP contribution in [0, 0.1) is 17.1 Å². The fourth-order valence-corrected chi connectivity index (χ4v) is 7.41. The van der Waals surface area contributed by atoms with E-state index in [-0.39, 0.29) is 23.8 Å². The van der Waals surface area contributed by atoms with Crippen LogP contribution in [0.5, 0.6) is 0 Å². The second-order valence-corrected chi connectivity index (χ2v) is 12.8. The molecule has 0 unspecified atom stereocenters. The number of carbonyl (C=O) groups excluding carboxylic acids is 1. The number of likely N-dealkylation sites (tertiary alicyclic amines) is 1. The molecule has 1 amide bonds. The van der Waals surface area contributed by atoms with E-state index in [1.807, 2.05) is 23.4 Å². The third-order valence-corrected chi connectivity index (χ3v) is 9.92. The van der Waals surface area contributed by atoms with Gasteiger partial charge in [0.25, 0.3) is 0 Å². The summed E-state index contributed by atoms with van der Waals surface area (Å²) in [4.78, 5) is 31.7. The number of piperazine rings is 1. The number of fused-ring (bicyclic) bond motifs is 1. The number of carbonyl (C=O) groups is 1. The molecule has 0 aliphatic carbocycles. The molecule has 0 radical (unpaired) electrons. The highest BCUT2D eigenvalue weighted by atomic mass is 32.1. The molecule has 2 saturated heterocycles. The highest BCUT2D eigenvalue weighted by molar-refractivity contribution is 7.20. The van der Waals surface area contributed by atoms with E-state index in [4.69, 9.17) is 15.1 Å². The highest BCUT2D eigenvalue weighted by Crippen LogP contribution is 2.38. The first kappa shape index (κ1) is 28.5. The first-order valence-electron chi connectivity index (χ1n) is 13.9. The lowest BCUT2D eigenvalue weighted by molar-refractivity contribution is -0.143. The predicted octanol–water partition coefficient (Wildman–Crippen LogP) is 3.36. The zero-order chi connectivity index (χ0) is 29.7. The number of imidazole rings is 1. The molecule has 2 aliphatic heterocycles. The topological polar surface area (TPSA) is 117 Å². The summed E-state index contributed by atoms with van der Waals surface area (Å²) in [5.74, 6) is 0.509. The van der Waals surface area contributed by atoms with Crippen LogP contribution in [0.1, 0.15) is 31.3 Å². The molecule has 1 aromatic carbocycles. The number of amides is 1. The number of halogens is 1. The normalized spacial score (nSPS) is 19.7. The second-order valence-electron chi connectivity index (χ2n) is 10.9. The van der Waals surface area contributed by atoms with Crippen LogP contribution in [-0.4, -0.2) is 98.4 Å². The molecule has 2 atom stereocenters. The van der Waals surface area contributed by atoms with Crippen LogP contribution < -0.4 is 9.80 Å². The van der Waals surface area contributed by atoms with Crippen molar-refractivity contribution in [1.82, 2.24) is 29.4 Å². The average Bonchev–Trinajstić information content (AvgIpc) is 3.65. The predicted molar refractivity (Wildman–Crippen MR) is 161 cm³/mol. The minimum atomic E-state index is -0.400. The molecule has 0 saturated carbocycles. The number of aryl methyl sites for hydroxylation is 1. The van der Waals surface area contributed by atoms with Crippen LogP contribution in [0.4, 0.5) is 20.5 Å². The lowest BCUT2D eigenvalue weighted by Gasteiger charge is -2.45. The van der Waals surface area contributed by atoms with Crippen molar-refractivity contribution in [1.29, 1.82) is 5.26 Å². The summed E-state index contributed by atoms with van der Waals surface area (Å²) in [5.41, 5.74) is 2.08. The van der Waals surface area contributed by atoms with E-state index in [0.717, 1.165) is 34.7 Å². The maximum atomic E-state index is 13.5. The highest BCUT2D eigenvalue weighted by Gasteiger charge is 2.36. The minimum Gasteiger partial charge on any atom is -0.389 e. The van der Waals surface area contributed by atoms with Gasteiger partial charge in [-0.25, -0.2) is 14.4 Å². The maximum Gasteiger partial charge on any atom is 0.236 e. The second kappa shape index (κ2) is 11.2. The molecule has 0 bridgehead atoms. The molecule has 2 fully saturated rings. The quantitative estimate of drug-likeness (QED) is 0.337. The number of rotatable bonds is 7. The molecule has 2 aliphatic rings. The van der Waals surface area contributed by atoms with Gasteiger partial charge in [-0.1, -0.05) is 29.6 Å². The summed E-state index contributed by atoms with van der Waals surface area (Å²) >= 11 is 2.80. The van der Waals surface area contributed by atoms with E-state index in [1.54, 1.807) is 17.0 Å². The Morgan fingerprint density at radius 3 is 2.45 bits per heavy atom. The number of benzene rings is 1. The van der Waals surface area contributed by atoms with Crippen molar-refractivity contribution in [3.8, 4) is 17.3 Å². The minimum absolute atomic E-state index is 0.0595. The molecule has 42 heavy (non-hydrogen) atoms. The van der Waals surface area contributed by atoms with Crippen LogP contribution >= 0.6 is 22.7 Å². The van der Waals surface area contributed by atoms with Crippen molar-refractivity contribution in [3.05, 3.63) is 40.7 Å². The zero-order valence-corrected chi connectivity index (χ0v) is 25.5. The first-order valence-corrected chi connectivity index (χ1v) is 15.6. The number of hydrogen-bond donors (Lipinski definition) is 1. The Morgan fingerprint density at radius 1 is 1.14 bits per heavy atom. The molecule has 11 nitrogen and oxygen atoms in total. The number of hydrogen-bond acceptors (Lipinski definition) is 11. The molecule has 3 aromatic heterocycles. The third kappa shape index (κ3) is 5.11. The molecule has 220 valence electrons. The van der Waals surface area contributed by atoms with Crippen LogP contribution in [0.15, 0.2) is 24.3 Å². The number of thiazole rings is 1. The van der Waals surface area contributed by atoms with E-state index in [2.05, 4.69) is 29.7 Å². The van der Waals surface area contributed by atoms with Gasteiger partial charge in [0.2, 0.25) is 16.0 Å². The third-order valence-electron chi connectivity index (χ3n) is 7.92. The van der Waals surface area contributed by atoms with Gasteiger partial charge in [-0.2, -0.15) is 9.78 Å². The largest absolute Gasteiger partial charge is 0.389 e. The van der Waals surface area contributed by atoms with E-state index in [1.165, 1.54) is 34.8 Å². The fourth-order valence-electron chi connectivity index (χ4n) is 5.63. The monoisotopic (exact) mass is 609 g/mol. The lowest BCUT2D eigenvalue weighted by Crippen LogP contribution is -2.61. The molecule has 14 heteroatoms. The van der Waals surface area contributed by atoms with E-state index in [0.29, 0.717) is 47.3 Å². The molecule has 4 aromatic rings. The first-order chi connectivity index (χ1) is 20.2. The average molecular weight is 610 g/mol. The Morgan fingerprint density at radius 2 is 1.83 bits per heavy atom. The standard InChI is InChI=1S/C28H32FN9O2S2/c1-5-21-25(34(4)26-32-24(22(10-30)41-26)18-6-8-19(29)9-7-18)38-27(31-21)42-28(33-38)36-11-16(2)37(17(3)12-36)15-23(40)35-13-20(39)14-35/h6-9,16-17,20,39H,5,11-15H2,1-4H3/t16-,17-/m1/s1. The van der Waals surface area contributed by atoms with Crippen molar-refractivity contribution >= 4 is 49.6 Å². The van der Waals surface area contributed by atoms with Gasteiger partial charge in [0.05, 0.1) is 18.3 Å². The SMILES string of the molecule is CCc1nc2sc(N3C[C@@H](C)N(CC(=O)N4CC(O)C4)[C@H](C)C3)nn2c1N(C)c1nc(-c2ccc(F)cc2)c(C#N)s1. The molecular formula is C28H32FN9O2S2. The summed E-state index contributed by atoms with van der Waals surface area (Å²) in [6, 6.07) is 8.49. The van der Waals surface area contributed by atoms with Crippen LogP contribution in [0.25, 0.3) is 16.2 Å². The zero-order valence-electron chi connectivity index (χ0n) is 23.9. The van der Waals surface area contributed by atoms with Gasteiger partial charge >= 0.3 is 0 Å². The van der Waals surface area contributed by atoms with Crippen molar-refractivity contribution in [3.63, 3.8) is 0 Å². The molecule has 5 heterocycles. The van der Waals surface area contributed by atoms with Crippen molar-refractivity contribution in [2.75, 3.05) is 49.6 Å². The fraction of sp³-hybridized carbons (Fsp3) is 0.464. The van der Waals surface area contributed by atoms with Crippen molar-refractivity contribution in [2.45, 2.75) is 45.4 Å². The van der Waals surface area contributed by atoms with Crippen LogP contribution in [0.3, 0.4) is 0 Å². The van der Waals surface area contributed by atoms with Crippen LogP contribution in [-0.2, 0) is 11.2 Å². The Bertz CT molecular complexity index is 1640.